The summed E-state index contributed by atoms with van der Waals surface area (Å²) in [6.07, 6.45) is 1.63. The SMILES string of the molecule is CCCNC(=O)[C@@H](CC)N(CCc1ccccc1)C(=O)CN(c1ccccc1OC)S(=O)(=O)c1ccc(OC)cc1. The fraction of sp³-hybridized carbons (Fsp3) is 0.355. The second-order valence-corrected chi connectivity index (χ2v) is 11.3. The highest BCUT2D eigenvalue weighted by Gasteiger charge is 2.34. The summed E-state index contributed by atoms with van der Waals surface area (Å²) in [5, 5.41) is 2.89. The van der Waals surface area contributed by atoms with Crippen molar-refractivity contribution < 1.29 is 27.5 Å². The Balaban J connectivity index is 2.04. The predicted molar refractivity (Wildman–Crippen MR) is 160 cm³/mol. The highest BCUT2D eigenvalue weighted by molar-refractivity contribution is 7.92. The van der Waals surface area contributed by atoms with Crippen molar-refractivity contribution in [3.8, 4) is 11.5 Å². The van der Waals surface area contributed by atoms with E-state index < -0.39 is 28.5 Å². The van der Waals surface area contributed by atoms with E-state index in [1.807, 2.05) is 44.2 Å². The molecule has 2 amide bonds. The highest BCUT2D eigenvalue weighted by Crippen LogP contribution is 2.33. The molecule has 9 nitrogen and oxygen atoms in total. The minimum atomic E-state index is -4.22. The summed E-state index contributed by atoms with van der Waals surface area (Å²) in [6.45, 7) is 3.99. The number of sulfonamides is 1. The third-order valence-electron chi connectivity index (χ3n) is 6.70. The molecule has 10 heteroatoms. The number of nitrogens with zero attached hydrogens (tertiary/aromatic N) is 2. The number of hydrogen-bond donors (Lipinski definition) is 1. The van der Waals surface area contributed by atoms with Crippen LogP contribution in [0.4, 0.5) is 5.69 Å². The standard InChI is InChI=1S/C31H39N3O6S/c1-5-21-32-31(36)27(6-2)33(22-20-24-12-8-7-9-13-24)30(35)23-34(28-14-10-11-15-29(28)40-4)41(37,38)26-18-16-25(39-3)17-19-26/h7-19,27H,5-6,20-23H2,1-4H3,(H,32,36)/t27-/m1/s1. The molecular weight excluding hydrogens is 542 g/mol. The van der Waals surface area contributed by atoms with Crippen molar-refractivity contribution in [3.05, 3.63) is 84.4 Å². The van der Waals surface area contributed by atoms with Crippen molar-refractivity contribution >= 4 is 27.5 Å². The van der Waals surface area contributed by atoms with Crippen LogP contribution in [0.5, 0.6) is 11.5 Å². The zero-order chi connectivity index (χ0) is 29.8. The lowest BCUT2D eigenvalue weighted by molar-refractivity contribution is -0.139. The number of rotatable bonds is 15. The number of carbonyl (C=O) groups excluding carboxylic acids is 2. The maximum atomic E-state index is 14.1. The molecule has 3 rings (SSSR count). The van der Waals surface area contributed by atoms with Crippen LogP contribution in [0.2, 0.25) is 0 Å². The van der Waals surface area contributed by atoms with Gasteiger partial charge in [-0.1, -0.05) is 56.3 Å². The molecule has 0 aliphatic heterocycles. The Hall–Kier alpha value is -4.05. The smallest absolute Gasteiger partial charge is 0.264 e. The summed E-state index contributed by atoms with van der Waals surface area (Å²) >= 11 is 0. The molecule has 0 radical (unpaired) electrons. The third kappa shape index (κ3) is 8.00. The van der Waals surface area contributed by atoms with E-state index in [9.17, 15) is 18.0 Å². The van der Waals surface area contributed by atoms with Gasteiger partial charge in [0.25, 0.3) is 10.0 Å². The van der Waals surface area contributed by atoms with Crippen LogP contribution in [0.3, 0.4) is 0 Å². The average molecular weight is 582 g/mol. The van der Waals surface area contributed by atoms with Crippen molar-refractivity contribution in [2.75, 3.05) is 38.2 Å². The summed E-state index contributed by atoms with van der Waals surface area (Å²) in [7, 11) is -1.29. The molecule has 1 atom stereocenters. The Morgan fingerprint density at radius 3 is 2.15 bits per heavy atom. The molecule has 0 unspecified atom stereocenters. The lowest BCUT2D eigenvalue weighted by atomic mass is 10.1. The fourth-order valence-corrected chi connectivity index (χ4v) is 5.91. The van der Waals surface area contributed by atoms with Crippen LogP contribution in [0.25, 0.3) is 0 Å². The molecule has 220 valence electrons. The number of amides is 2. The van der Waals surface area contributed by atoms with E-state index in [0.29, 0.717) is 30.9 Å². The van der Waals surface area contributed by atoms with E-state index in [0.717, 1.165) is 16.3 Å². The highest BCUT2D eigenvalue weighted by atomic mass is 32.2. The van der Waals surface area contributed by atoms with Gasteiger partial charge < -0.3 is 19.7 Å². The van der Waals surface area contributed by atoms with E-state index in [1.54, 1.807) is 36.4 Å². The molecular formula is C31H39N3O6S. The number of carbonyl (C=O) groups is 2. The molecule has 3 aromatic carbocycles. The summed E-state index contributed by atoms with van der Waals surface area (Å²) in [5.41, 5.74) is 1.22. The van der Waals surface area contributed by atoms with Crippen molar-refractivity contribution in [3.63, 3.8) is 0 Å². The van der Waals surface area contributed by atoms with Gasteiger partial charge in [0.1, 0.15) is 24.1 Å². The summed E-state index contributed by atoms with van der Waals surface area (Å²) in [5.74, 6) is 0.0285. The molecule has 0 aliphatic rings. The Morgan fingerprint density at radius 2 is 1.54 bits per heavy atom. The van der Waals surface area contributed by atoms with E-state index in [-0.39, 0.29) is 23.0 Å². The molecule has 0 saturated heterocycles. The van der Waals surface area contributed by atoms with Crippen molar-refractivity contribution in [2.45, 2.75) is 44.0 Å². The van der Waals surface area contributed by atoms with Crippen LogP contribution in [0.15, 0.2) is 83.8 Å². The first-order valence-electron chi connectivity index (χ1n) is 13.7. The molecule has 3 aromatic rings. The summed E-state index contributed by atoms with van der Waals surface area (Å²) in [4.78, 5) is 28.7. The third-order valence-corrected chi connectivity index (χ3v) is 8.47. The number of ether oxygens (including phenoxy) is 2. The quantitative estimate of drug-likeness (QED) is 0.287. The van der Waals surface area contributed by atoms with Crippen LogP contribution in [0.1, 0.15) is 32.3 Å². The van der Waals surface area contributed by atoms with Crippen LogP contribution in [-0.2, 0) is 26.0 Å². The van der Waals surface area contributed by atoms with Gasteiger partial charge in [-0.25, -0.2) is 8.42 Å². The molecule has 0 aromatic heterocycles. The normalized spacial score (nSPS) is 11.8. The maximum Gasteiger partial charge on any atom is 0.264 e. The van der Waals surface area contributed by atoms with Crippen molar-refractivity contribution in [1.82, 2.24) is 10.2 Å². The van der Waals surface area contributed by atoms with Crippen molar-refractivity contribution in [2.24, 2.45) is 0 Å². The second-order valence-electron chi connectivity index (χ2n) is 9.40. The predicted octanol–water partition coefficient (Wildman–Crippen LogP) is 4.28. The molecule has 0 aliphatic carbocycles. The largest absolute Gasteiger partial charge is 0.497 e. The number of hydrogen-bond acceptors (Lipinski definition) is 6. The van der Waals surface area contributed by atoms with Crippen molar-refractivity contribution in [1.29, 1.82) is 0 Å². The van der Waals surface area contributed by atoms with Gasteiger partial charge in [-0.3, -0.25) is 13.9 Å². The number of anilines is 1. The van der Waals surface area contributed by atoms with Crippen LogP contribution < -0.4 is 19.1 Å². The van der Waals surface area contributed by atoms with Gasteiger partial charge in [0.05, 0.1) is 24.8 Å². The molecule has 1 N–H and O–H groups in total. The topological polar surface area (TPSA) is 105 Å². The van der Waals surface area contributed by atoms with Gasteiger partial charge in [0.15, 0.2) is 0 Å². The van der Waals surface area contributed by atoms with Gasteiger partial charge in [0, 0.05) is 13.1 Å². The Morgan fingerprint density at radius 1 is 0.878 bits per heavy atom. The molecule has 0 heterocycles. The Kier molecular flexibility index (Phi) is 11.6. The first kappa shape index (κ1) is 31.5. The average Bonchev–Trinajstić information content (AvgIpc) is 3.00. The molecule has 41 heavy (non-hydrogen) atoms. The maximum absolute atomic E-state index is 14.1. The Labute approximate surface area is 243 Å². The van der Waals surface area contributed by atoms with Crippen LogP contribution >= 0.6 is 0 Å². The van der Waals surface area contributed by atoms with E-state index >= 15 is 0 Å². The van der Waals surface area contributed by atoms with Gasteiger partial charge in [0.2, 0.25) is 11.8 Å². The summed E-state index contributed by atoms with van der Waals surface area (Å²) < 4.78 is 39.8. The van der Waals surface area contributed by atoms with Gasteiger partial charge in [-0.05, 0) is 61.2 Å². The number of methoxy groups -OCH3 is 2. The minimum absolute atomic E-state index is 0.0134. The van der Waals surface area contributed by atoms with Crippen LogP contribution in [-0.4, -0.2) is 65.0 Å². The molecule has 0 saturated carbocycles. The van der Waals surface area contributed by atoms with Crippen LogP contribution in [0, 0.1) is 0 Å². The fourth-order valence-electron chi connectivity index (χ4n) is 4.49. The second kappa shape index (κ2) is 15.1. The van der Waals surface area contributed by atoms with Gasteiger partial charge in [-0.15, -0.1) is 0 Å². The first-order valence-corrected chi connectivity index (χ1v) is 15.1. The molecule has 0 fully saturated rings. The van der Waals surface area contributed by atoms with Gasteiger partial charge >= 0.3 is 0 Å². The molecule has 0 bridgehead atoms. The number of benzene rings is 3. The van der Waals surface area contributed by atoms with E-state index in [2.05, 4.69) is 5.32 Å². The minimum Gasteiger partial charge on any atom is -0.497 e. The molecule has 0 spiro atoms. The zero-order valence-electron chi connectivity index (χ0n) is 24.1. The zero-order valence-corrected chi connectivity index (χ0v) is 24.9. The monoisotopic (exact) mass is 581 g/mol. The Bertz CT molecular complexity index is 1380. The lowest BCUT2D eigenvalue weighted by Gasteiger charge is -2.33. The number of para-hydroxylation sites is 2. The first-order chi connectivity index (χ1) is 19.8. The van der Waals surface area contributed by atoms with Gasteiger partial charge in [-0.2, -0.15) is 0 Å². The summed E-state index contributed by atoms with van der Waals surface area (Å²) in [6, 6.07) is 21.5. The van der Waals surface area contributed by atoms with E-state index in [1.165, 1.54) is 31.3 Å². The lowest BCUT2D eigenvalue weighted by Crippen LogP contribution is -2.53. The van der Waals surface area contributed by atoms with E-state index in [4.69, 9.17) is 9.47 Å². The number of nitrogens with one attached hydrogen (secondary N) is 1.